The number of likely N-dealkylation sites (tertiary alicyclic amines) is 1. The van der Waals surface area contributed by atoms with Crippen molar-refractivity contribution in [2.45, 2.75) is 25.3 Å². The predicted octanol–water partition coefficient (Wildman–Crippen LogP) is 4.36. The number of nitrogens with zero attached hydrogens (tertiary/aromatic N) is 3. The first kappa shape index (κ1) is 21.3. The van der Waals surface area contributed by atoms with Gasteiger partial charge in [0.25, 0.3) is 5.91 Å². The maximum atomic E-state index is 13.0. The largest absolute Gasteiger partial charge is 0.497 e. The first-order chi connectivity index (χ1) is 15.0. The van der Waals surface area contributed by atoms with Crippen LogP contribution in [0.15, 0.2) is 48.5 Å². The minimum atomic E-state index is -0.349. The maximum absolute atomic E-state index is 13.0. The number of hydrogen-bond acceptors (Lipinski definition) is 6. The van der Waals surface area contributed by atoms with E-state index in [1.807, 2.05) is 29.2 Å². The Labute approximate surface area is 189 Å². The van der Waals surface area contributed by atoms with E-state index in [2.05, 4.69) is 15.5 Å². The van der Waals surface area contributed by atoms with Crippen LogP contribution in [0.4, 0.5) is 5.69 Å². The highest BCUT2D eigenvalue weighted by atomic mass is 35.5. The molecule has 1 aromatic heterocycles. The van der Waals surface area contributed by atoms with E-state index in [4.69, 9.17) is 16.3 Å². The van der Waals surface area contributed by atoms with Crippen LogP contribution in [-0.2, 0) is 11.2 Å². The number of benzene rings is 2. The summed E-state index contributed by atoms with van der Waals surface area (Å²) in [5.74, 6) is 0.400. The summed E-state index contributed by atoms with van der Waals surface area (Å²) in [5.41, 5.74) is 1.49. The topological polar surface area (TPSA) is 84.4 Å². The second-order valence-corrected chi connectivity index (χ2v) is 8.63. The number of hydrogen-bond donors (Lipinski definition) is 1. The molecule has 2 heterocycles. The van der Waals surface area contributed by atoms with E-state index in [9.17, 15) is 9.59 Å². The first-order valence-electron chi connectivity index (χ1n) is 9.86. The standard InChI is InChI=1S/C22H21ClN4O3S/c1-30-17-8-2-5-14(11-17)12-19(28)27-10-4-9-18(27)21-25-26-22(31-21)20(29)24-16-7-3-6-15(23)13-16/h2-3,5-8,11,13,18H,4,9-10,12H2,1H3,(H,24,29)/t18-/m0/s1. The van der Waals surface area contributed by atoms with Gasteiger partial charge in [-0.05, 0) is 48.7 Å². The van der Waals surface area contributed by atoms with E-state index in [0.29, 0.717) is 22.3 Å². The monoisotopic (exact) mass is 456 g/mol. The van der Waals surface area contributed by atoms with Gasteiger partial charge in [0.05, 0.1) is 19.6 Å². The molecule has 0 aliphatic carbocycles. The van der Waals surface area contributed by atoms with Crippen LogP contribution in [0.5, 0.6) is 5.75 Å². The number of ether oxygens (including phenoxy) is 1. The van der Waals surface area contributed by atoms with Crippen LogP contribution in [0, 0.1) is 0 Å². The molecular formula is C22H21ClN4O3S. The lowest BCUT2D eigenvalue weighted by atomic mass is 10.1. The normalized spacial score (nSPS) is 15.7. The number of aromatic nitrogens is 2. The van der Waals surface area contributed by atoms with E-state index < -0.39 is 0 Å². The minimum Gasteiger partial charge on any atom is -0.497 e. The second kappa shape index (κ2) is 9.45. The molecule has 7 nitrogen and oxygen atoms in total. The molecular weight excluding hydrogens is 436 g/mol. The highest BCUT2D eigenvalue weighted by Crippen LogP contribution is 2.34. The van der Waals surface area contributed by atoms with Gasteiger partial charge in [0, 0.05) is 17.3 Å². The van der Waals surface area contributed by atoms with Gasteiger partial charge >= 0.3 is 0 Å². The number of carbonyl (C=O) groups is 2. The first-order valence-corrected chi connectivity index (χ1v) is 11.1. The van der Waals surface area contributed by atoms with Crippen molar-refractivity contribution in [2.75, 3.05) is 19.0 Å². The highest BCUT2D eigenvalue weighted by molar-refractivity contribution is 7.13. The molecule has 2 aromatic carbocycles. The van der Waals surface area contributed by atoms with Crippen LogP contribution < -0.4 is 10.1 Å². The molecule has 1 fully saturated rings. The van der Waals surface area contributed by atoms with Gasteiger partial charge in [-0.15, -0.1) is 10.2 Å². The molecule has 0 bridgehead atoms. The van der Waals surface area contributed by atoms with Crippen molar-refractivity contribution in [3.63, 3.8) is 0 Å². The van der Waals surface area contributed by atoms with Crippen molar-refractivity contribution < 1.29 is 14.3 Å². The summed E-state index contributed by atoms with van der Waals surface area (Å²) in [7, 11) is 1.60. The highest BCUT2D eigenvalue weighted by Gasteiger charge is 2.33. The van der Waals surface area contributed by atoms with Crippen molar-refractivity contribution in [3.8, 4) is 5.75 Å². The third-order valence-corrected chi connectivity index (χ3v) is 6.32. The Balaban J connectivity index is 1.44. The van der Waals surface area contributed by atoms with E-state index in [-0.39, 0.29) is 29.3 Å². The Bertz CT molecular complexity index is 1100. The summed E-state index contributed by atoms with van der Waals surface area (Å²) in [6, 6.07) is 14.2. The fourth-order valence-electron chi connectivity index (χ4n) is 3.59. The van der Waals surface area contributed by atoms with Gasteiger partial charge in [0.15, 0.2) is 0 Å². The minimum absolute atomic E-state index is 0.0240. The van der Waals surface area contributed by atoms with Gasteiger partial charge in [0.1, 0.15) is 10.8 Å². The summed E-state index contributed by atoms with van der Waals surface area (Å²) in [4.78, 5) is 27.3. The molecule has 0 spiro atoms. The SMILES string of the molecule is COc1cccc(CC(=O)N2CCC[C@H]2c2nnc(C(=O)Nc3cccc(Cl)c3)s2)c1. The molecule has 1 atom stereocenters. The summed E-state index contributed by atoms with van der Waals surface area (Å²) >= 11 is 7.18. The Hall–Kier alpha value is -2.97. The fraction of sp³-hybridized carbons (Fsp3) is 0.273. The summed E-state index contributed by atoms with van der Waals surface area (Å²) in [5, 5.41) is 12.5. The lowest BCUT2D eigenvalue weighted by Crippen LogP contribution is -2.31. The zero-order valence-corrected chi connectivity index (χ0v) is 18.4. The van der Waals surface area contributed by atoms with E-state index in [1.165, 1.54) is 11.3 Å². The molecule has 1 aliphatic heterocycles. The number of carbonyl (C=O) groups excluding carboxylic acids is 2. The molecule has 31 heavy (non-hydrogen) atoms. The number of anilines is 1. The average Bonchev–Trinajstić information content (AvgIpc) is 3.43. The van der Waals surface area contributed by atoms with Crippen LogP contribution >= 0.6 is 22.9 Å². The predicted molar refractivity (Wildman–Crippen MR) is 120 cm³/mol. The van der Waals surface area contributed by atoms with Gasteiger partial charge in [-0.25, -0.2) is 0 Å². The molecule has 4 rings (SSSR count). The van der Waals surface area contributed by atoms with E-state index >= 15 is 0 Å². The summed E-state index contributed by atoms with van der Waals surface area (Å²) < 4.78 is 5.24. The van der Waals surface area contributed by atoms with Gasteiger partial charge < -0.3 is 15.0 Å². The lowest BCUT2D eigenvalue weighted by Gasteiger charge is -2.22. The van der Waals surface area contributed by atoms with Crippen molar-refractivity contribution in [2.24, 2.45) is 0 Å². The number of nitrogens with one attached hydrogen (secondary N) is 1. The van der Waals surface area contributed by atoms with E-state index in [1.54, 1.807) is 31.4 Å². The van der Waals surface area contributed by atoms with Crippen molar-refractivity contribution in [1.29, 1.82) is 0 Å². The molecule has 2 amide bonds. The molecule has 0 unspecified atom stereocenters. The molecule has 0 saturated carbocycles. The van der Waals surface area contributed by atoms with Crippen molar-refractivity contribution in [3.05, 3.63) is 69.1 Å². The molecule has 1 aliphatic rings. The number of rotatable bonds is 6. The fourth-order valence-corrected chi connectivity index (χ4v) is 4.67. The Morgan fingerprint density at radius 1 is 1.23 bits per heavy atom. The average molecular weight is 457 g/mol. The van der Waals surface area contributed by atoms with Gasteiger partial charge in [-0.1, -0.05) is 41.1 Å². The van der Waals surface area contributed by atoms with E-state index in [0.717, 1.165) is 24.2 Å². The van der Waals surface area contributed by atoms with Crippen LogP contribution in [0.2, 0.25) is 5.02 Å². The van der Waals surface area contributed by atoms with Gasteiger partial charge in [-0.2, -0.15) is 0 Å². The van der Waals surface area contributed by atoms with Crippen LogP contribution in [0.1, 0.15) is 39.3 Å². The summed E-state index contributed by atoms with van der Waals surface area (Å²) in [6.45, 7) is 0.664. The van der Waals surface area contributed by atoms with Crippen molar-refractivity contribution >= 4 is 40.4 Å². The maximum Gasteiger partial charge on any atom is 0.286 e. The third kappa shape index (κ3) is 5.03. The Morgan fingerprint density at radius 2 is 2.06 bits per heavy atom. The van der Waals surface area contributed by atoms with Crippen LogP contribution in [0.3, 0.4) is 0 Å². The number of methoxy groups -OCH3 is 1. The van der Waals surface area contributed by atoms with Gasteiger partial charge in [0.2, 0.25) is 10.9 Å². The Kier molecular flexibility index (Phi) is 6.48. The second-order valence-electron chi connectivity index (χ2n) is 7.18. The molecule has 9 heteroatoms. The smallest absolute Gasteiger partial charge is 0.286 e. The number of amides is 2. The third-order valence-electron chi connectivity index (χ3n) is 5.07. The molecule has 3 aromatic rings. The quantitative estimate of drug-likeness (QED) is 0.595. The molecule has 1 N–H and O–H groups in total. The molecule has 160 valence electrons. The lowest BCUT2D eigenvalue weighted by molar-refractivity contribution is -0.131. The zero-order valence-electron chi connectivity index (χ0n) is 16.9. The van der Waals surface area contributed by atoms with Gasteiger partial charge in [-0.3, -0.25) is 9.59 Å². The Morgan fingerprint density at radius 3 is 2.87 bits per heavy atom. The van der Waals surface area contributed by atoms with Crippen molar-refractivity contribution in [1.82, 2.24) is 15.1 Å². The summed E-state index contributed by atoms with van der Waals surface area (Å²) in [6.07, 6.45) is 1.97. The van der Waals surface area contributed by atoms with Crippen LogP contribution in [0.25, 0.3) is 0 Å². The number of halogens is 1. The zero-order chi connectivity index (χ0) is 21.8. The molecule has 1 saturated heterocycles. The van der Waals surface area contributed by atoms with Crippen LogP contribution in [-0.4, -0.2) is 40.6 Å². The molecule has 0 radical (unpaired) electrons.